The van der Waals surface area contributed by atoms with E-state index < -0.39 is 5.54 Å². The molecule has 1 atom stereocenters. The second kappa shape index (κ2) is 9.41. The first-order valence-corrected chi connectivity index (χ1v) is 10.3. The van der Waals surface area contributed by atoms with E-state index in [-0.39, 0.29) is 12.5 Å². The highest BCUT2D eigenvalue weighted by Gasteiger charge is 2.42. The highest BCUT2D eigenvalue weighted by molar-refractivity contribution is 5.86. The summed E-state index contributed by atoms with van der Waals surface area (Å²) in [6, 6.07) is 10.1. The summed E-state index contributed by atoms with van der Waals surface area (Å²) in [6.07, 6.45) is 1.83. The first kappa shape index (κ1) is 21.3. The van der Waals surface area contributed by atoms with Crippen molar-refractivity contribution >= 4 is 5.91 Å². The molecule has 0 aliphatic carbocycles. The zero-order valence-corrected chi connectivity index (χ0v) is 17.6. The standard InChI is InChI=1S/C22H32N4O3/c1-17-15-18(2)26(24-17)12-14-29-20-7-5-19(6-8-20)16-25-11-4-9-22(25,3)21(28)23-10-13-27/h5-8,15,27H,4,9-14,16H2,1-3H3,(H,23,28)/t22-/m1/s1. The van der Waals surface area contributed by atoms with Crippen molar-refractivity contribution in [1.29, 1.82) is 0 Å². The maximum Gasteiger partial charge on any atom is 0.240 e. The highest BCUT2D eigenvalue weighted by atomic mass is 16.5. The van der Waals surface area contributed by atoms with Gasteiger partial charge in [-0.2, -0.15) is 5.10 Å². The van der Waals surface area contributed by atoms with Gasteiger partial charge < -0.3 is 15.2 Å². The Kier molecular flexibility index (Phi) is 6.92. The van der Waals surface area contributed by atoms with Crippen LogP contribution >= 0.6 is 0 Å². The van der Waals surface area contributed by atoms with Crippen LogP contribution in [0.5, 0.6) is 5.75 Å². The minimum Gasteiger partial charge on any atom is -0.492 e. The third-order valence-corrected chi connectivity index (χ3v) is 5.65. The fourth-order valence-electron chi connectivity index (χ4n) is 3.95. The summed E-state index contributed by atoms with van der Waals surface area (Å²) >= 11 is 0. The summed E-state index contributed by atoms with van der Waals surface area (Å²) in [5.41, 5.74) is 2.78. The SMILES string of the molecule is Cc1cc(C)n(CCOc2ccc(CN3CCC[C@]3(C)C(=O)NCCO)cc2)n1. The summed E-state index contributed by atoms with van der Waals surface area (Å²) in [6.45, 7) is 9.18. The number of nitrogens with one attached hydrogen (secondary N) is 1. The number of benzene rings is 1. The van der Waals surface area contributed by atoms with Crippen LogP contribution in [0.25, 0.3) is 0 Å². The van der Waals surface area contributed by atoms with Gasteiger partial charge in [0.25, 0.3) is 0 Å². The molecule has 0 bridgehead atoms. The number of nitrogens with zero attached hydrogens (tertiary/aromatic N) is 3. The summed E-state index contributed by atoms with van der Waals surface area (Å²) in [5, 5.41) is 16.2. The Labute approximate surface area is 172 Å². The van der Waals surface area contributed by atoms with Crippen molar-refractivity contribution in [1.82, 2.24) is 20.0 Å². The number of aromatic nitrogens is 2. The number of aliphatic hydroxyl groups excluding tert-OH is 1. The second-order valence-corrected chi connectivity index (χ2v) is 7.92. The van der Waals surface area contributed by atoms with Gasteiger partial charge in [0.1, 0.15) is 12.4 Å². The van der Waals surface area contributed by atoms with E-state index in [9.17, 15) is 4.79 Å². The summed E-state index contributed by atoms with van der Waals surface area (Å²) < 4.78 is 7.82. The lowest BCUT2D eigenvalue weighted by Gasteiger charge is -2.34. The maximum absolute atomic E-state index is 12.6. The quantitative estimate of drug-likeness (QED) is 0.673. The van der Waals surface area contributed by atoms with Crippen LogP contribution in [0.1, 0.15) is 36.7 Å². The number of carbonyl (C=O) groups excluding carboxylic acids is 1. The minimum absolute atomic E-state index is 0.00634. The third kappa shape index (κ3) is 5.16. The van der Waals surface area contributed by atoms with Gasteiger partial charge in [0.15, 0.2) is 0 Å². The molecule has 3 rings (SSSR count). The molecule has 1 aliphatic heterocycles. The van der Waals surface area contributed by atoms with E-state index in [1.54, 1.807) is 0 Å². The van der Waals surface area contributed by atoms with Gasteiger partial charge >= 0.3 is 0 Å². The van der Waals surface area contributed by atoms with Crippen molar-refractivity contribution in [2.24, 2.45) is 0 Å². The van der Waals surface area contributed by atoms with E-state index in [0.717, 1.165) is 55.2 Å². The van der Waals surface area contributed by atoms with E-state index in [2.05, 4.69) is 33.5 Å². The Bertz CT molecular complexity index is 818. The lowest BCUT2D eigenvalue weighted by Crippen LogP contribution is -2.53. The number of ether oxygens (including phenoxy) is 1. The molecular formula is C22H32N4O3. The van der Waals surface area contributed by atoms with Crippen molar-refractivity contribution in [3.05, 3.63) is 47.3 Å². The molecule has 0 radical (unpaired) electrons. The molecular weight excluding hydrogens is 368 g/mol. The van der Waals surface area contributed by atoms with E-state index in [0.29, 0.717) is 13.2 Å². The largest absolute Gasteiger partial charge is 0.492 e. The molecule has 1 aromatic carbocycles. The Morgan fingerprint density at radius 3 is 2.72 bits per heavy atom. The van der Waals surface area contributed by atoms with Crippen LogP contribution < -0.4 is 10.1 Å². The van der Waals surface area contributed by atoms with Crippen molar-refractivity contribution < 1.29 is 14.6 Å². The van der Waals surface area contributed by atoms with Gasteiger partial charge in [0.2, 0.25) is 5.91 Å². The number of carbonyl (C=O) groups is 1. The Morgan fingerprint density at radius 1 is 1.31 bits per heavy atom. The number of likely N-dealkylation sites (tertiary alicyclic amines) is 1. The molecule has 158 valence electrons. The number of aliphatic hydroxyl groups is 1. The van der Waals surface area contributed by atoms with Crippen LogP contribution in [0.3, 0.4) is 0 Å². The second-order valence-electron chi connectivity index (χ2n) is 7.92. The number of rotatable bonds is 9. The first-order chi connectivity index (χ1) is 13.9. The van der Waals surface area contributed by atoms with Crippen LogP contribution in [0, 0.1) is 13.8 Å². The van der Waals surface area contributed by atoms with Gasteiger partial charge in [-0.3, -0.25) is 14.4 Å². The molecule has 1 fully saturated rings. The van der Waals surface area contributed by atoms with Crippen LogP contribution in [0.4, 0.5) is 0 Å². The average molecular weight is 401 g/mol. The van der Waals surface area contributed by atoms with Gasteiger partial charge in [0.05, 0.1) is 24.4 Å². The van der Waals surface area contributed by atoms with E-state index in [4.69, 9.17) is 9.84 Å². The van der Waals surface area contributed by atoms with E-state index >= 15 is 0 Å². The molecule has 2 aromatic rings. The average Bonchev–Trinajstić information content (AvgIpc) is 3.23. The van der Waals surface area contributed by atoms with Crippen molar-refractivity contribution in [3.8, 4) is 5.75 Å². The molecule has 0 saturated carbocycles. The molecule has 0 unspecified atom stereocenters. The molecule has 1 saturated heterocycles. The van der Waals surface area contributed by atoms with E-state index in [1.165, 1.54) is 0 Å². The number of aryl methyl sites for hydroxylation is 2. The van der Waals surface area contributed by atoms with Crippen LogP contribution in [0.2, 0.25) is 0 Å². The zero-order chi connectivity index (χ0) is 20.9. The number of amides is 1. The minimum atomic E-state index is -0.524. The third-order valence-electron chi connectivity index (χ3n) is 5.65. The topological polar surface area (TPSA) is 79.6 Å². The molecule has 2 heterocycles. The highest BCUT2D eigenvalue weighted by Crippen LogP contribution is 2.31. The van der Waals surface area contributed by atoms with Crippen molar-refractivity contribution in [3.63, 3.8) is 0 Å². The molecule has 7 nitrogen and oxygen atoms in total. The maximum atomic E-state index is 12.6. The lowest BCUT2D eigenvalue weighted by molar-refractivity contribution is -0.131. The fraction of sp³-hybridized carbons (Fsp3) is 0.545. The van der Waals surface area contributed by atoms with Gasteiger partial charge in [-0.15, -0.1) is 0 Å². The van der Waals surface area contributed by atoms with Crippen molar-refractivity contribution in [2.45, 2.75) is 52.2 Å². The van der Waals surface area contributed by atoms with Crippen LogP contribution in [0.15, 0.2) is 30.3 Å². The summed E-state index contributed by atoms with van der Waals surface area (Å²) in [5.74, 6) is 0.827. The normalized spacial score (nSPS) is 19.4. The predicted octanol–water partition coefficient (Wildman–Crippen LogP) is 2.04. The fourth-order valence-corrected chi connectivity index (χ4v) is 3.95. The Balaban J connectivity index is 1.53. The van der Waals surface area contributed by atoms with E-state index in [1.807, 2.05) is 37.6 Å². The van der Waals surface area contributed by atoms with Gasteiger partial charge in [-0.1, -0.05) is 12.1 Å². The van der Waals surface area contributed by atoms with Crippen molar-refractivity contribution in [2.75, 3.05) is 26.3 Å². The van der Waals surface area contributed by atoms with Crippen LogP contribution in [-0.2, 0) is 17.9 Å². The van der Waals surface area contributed by atoms with Gasteiger partial charge in [-0.25, -0.2) is 0 Å². The Morgan fingerprint density at radius 2 is 2.07 bits per heavy atom. The zero-order valence-electron chi connectivity index (χ0n) is 17.6. The lowest BCUT2D eigenvalue weighted by atomic mass is 9.97. The molecule has 7 heteroatoms. The molecule has 2 N–H and O–H groups in total. The molecule has 1 aromatic heterocycles. The molecule has 0 spiro atoms. The monoisotopic (exact) mass is 400 g/mol. The summed E-state index contributed by atoms with van der Waals surface area (Å²) in [4.78, 5) is 14.8. The molecule has 1 aliphatic rings. The van der Waals surface area contributed by atoms with Gasteiger partial charge in [0, 0.05) is 18.8 Å². The van der Waals surface area contributed by atoms with Gasteiger partial charge in [-0.05, 0) is 63.9 Å². The number of hydrogen-bond donors (Lipinski definition) is 2. The summed E-state index contributed by atoms with van der Waals surface area (Å²) in [7, 11) is 0. The smallest absolute Gasteiger partial charge is 0.240 e. The Hall–Kier alpha value is -2.38. The molecule has 1 amide bonds. The molecule has 29 heavy (non-hydrogen) atoms. The predicted molar refractivity (Wildman–Crippen MR) is 112 cm³/mol. The van der Waals surface area contributed by atoms with Crippen LogP contribution in [-0.4, -0.2) is 57.5 Å². The first-order valence-electron chi connectivity index (χ1n) is 10.3. The number of hydrogen-bond acceptors (Lipinski definition) is 5.